The second-order valence-corrected chi connectivity index (χ2v) is 5.15. The molecule has 1 unspecified atom stereocenters. The predicted molar refractivity (Wildman–Crippen MR) is 70.8 cm³/mol. The molecule has 0 amide bonds. The lowest BCUT2D eigenvalue weighted by molar-refractivity contribution is 0.285. The van der Waals surface area contributed by atoms with Crippen LogP contribution in [0.5, 0.6) is 5.75 Å². The Morgan fingerprint density at radius 3 is 3.00 bits per heavy atom. The molecule has 1 saturated heterocycles. The molecule has 106 valence electrons. The largest absolute Gasteiger partial charge is 0.505 e. The minimum Gasteiger partial charge on any atom is -0.505 e. The Balaban J connectivity index is 1.95. The number of nitrogens with one attached hydrogen (secondary N) is 1. The van der Waals surface area contributed by atoms with Gasteiger partial charge in [0.15, 0.2) is 11.6 Å². The van der Waals surface area contributed by atoms with E-state index < -0.39 is 5.82 Å². The van der Waals surface area contributed by atoms with Crippen molar-refractivity contribution in [2.24, 2.45) is 0 Å². The third-order valence-corrected chi connectivity index (χ3v) is 4.01. The van der Waals surface area contributed by atoms with E-state index in [1.165, 1.54) is 12.1 Å². The molecule has 5 nitrogen and oxygen atoms in total. The van der Waals surface area contributed by atoms with Gasteiger partial charge in [-0.05, 0) is 37.6 Å². The van der Waals surface area contributed by atoms with Gasteiger partial charge in [0, 0.05) is 12.1 Å². The van der Waals surface area contributed by atoms with Gasteiger partial charge >= 0.3 is 0 Å². The Morgan fingerprint density at radius 2 is 2.35 bits per heavy atom. The monoisotopic (exact) mass is 277 g/mol. The second-order valence-electron chi connectivity index (χ2n) is 5.15. The quantitative estimate of drug-likeness (QED) is 0.900. The zero-order chi connectivity index (χ0) is 14.2. The maximum atomic E-state index is 13.4. The average molecular weight is 277 g/mol. The van der Waals surface area contributed by atoms with Gasteiger partial charge in [-0.2, -0.15) is 4.98 Å². The number of hydrogen-bond acceptors (Lipinski definition) is 5. The smallest absolute Gasteiger partial charge is 0.234 e. The van der Waals surface area contributed by atoms with Crippen molar-refractivity contribution in [1.82, 2.24) is 15.5 Å². The fourth-order valence-electron chi connectivity index (χ4n) is 2.58. The van der Waals surface area contributed by atoms with Crippen molar-refractivity contribution in [2.45, 2.75) is 25.2 Å². The van der Waals surface area contributed by atoms with Crippen LogP contribution < -0.4 is 5.32 Å². The van der Waals surface area contributed by atoms with Crippen LogP contribution in [0.3, 0.4) is 0 Å². The van der Waals surface area contributed by atoms with Crippen molar-refractivity contribution in [2.75, 3.05) is 13.1 Å². The number of aromatic nitrogens is 2. The van der Waals surface area contributed by atoms with Crippen LogP contribution in [0.4, 0.5) is 4.39 Å². The summed E-state index contributed by atoms with van der Waals surface area (Å²) in [6, 6.07) is 4.06. The molecular weight excluding hydrogens is 261 g/mol. The first kappa shape index (κ1) is 13.1. The highest BCUT2D eigenvalue weighted by Gasteiger charge is 2.39. The van der Waals surface area contributed by atoms with Gasteiger partial charge in [-0.1, -0.05) is 12.1 Å². The van der Waals surface area contributed by atoms with E-state index in [1.807, 2.05) is 0 Å². The van der Waals surface area contributed by atoms with Crippen molar-refractivity contribution in [1.29, 1.82) is 0 Å². The summed E-state index contributed by atoms with van der Waals surface area (Å²) >= 11 is 0. The number of phenolic OH excluding ortho intramolecular Hbond substituents is 1. The number of benzene rings is 1. The maximum Gasteiger partial charge on any atom is 0.234 e. The van der Waals surface area contributed by atoms with Crippen molar-refractivity contribution >= 4 is 0 Å². The van der Waals surface area contributed by atoms with Crippen LogP contribution in [-0.4, -0.2) is 28.3 Å². The molecule has 0 saturated carbocycles. The van der Waals surface area contributed by atoms with Crippen LogP contribution in [-0.2, 0) is 5.41 Å². The molecule has 1 aliphatic heterocycles. The van der Waals surface area contributed by atoms with Crippen molar-refractivity contribution in [3.05, 3.63) is 29.9 Å². The first-order chi connectivity index (χ1) is 9.64. The number of aromatic hydroxyl groups is 1. The van der Waals surface area contributed by atoms with Gasteiger partial charge in [-0.15, -0.1) is 0 Å². The molecule has 0 radical (unpaired) electrons. The van der Waals surface area contributed by atoms with Gasteiger partial charge in [-0.3, -0.25) is 0 Å². The predicted octanol–water partition coefficient (Wildman–Crippen LogP) is 2.22. The van der Waals surface area contributed by atoms with E-state index in [4.69, 9.17) is 4.52 Å². The number of hydrogen-bond donors (Lipinski definition) is 2. The summed E-state index contributed by atoms with van der Waals surface area (Å²) in [6.45, 7) is 3.84. The van der Waals surface area contributed by atoms with Gasteiger partial charge in [0.2, 0.25) is 11.7 Å². The van der Waals surface area contributed by atoms with Gasteiger partial charge in [0.25, 0.3) is 0 Å². The molecule has 6 heteroatoms. The summed E-state index contributed by atoms with van der Waals surface area (Å²) in [5.74, 6) is -0.142. The first-order valence-corrected chi connectivity index (χ1v) is 6.68. The van der Waals surface area contributed by atoms with Gasteiger partial charge in [0.1, 0.15) is 0 Å². The van der Waals surface area contributed by atoms with E-state index >= 15 is 0 Å². The fourth-order valence-corrected chi connectivity index (χ4v) is 2.58. The molecule has 1 fully saturated rings. The molecular formula is C14H16FN3O2. The van der Waals surface area contributed by atoms with E-state index in [1.54, 1.807) is 6.07 Å². The number of nitrogens with zero attached hydrogens (tertiary/aromatic N) is 2. The highest BCUT2D eigenvalue weighted by atomic mass is 19.1. The van der Waals surface area contributed by atoms with Crippen LogP contribution in [0.15, 0.2) is 22.7 Å². The highest BCUT2D eigenvalue weighted by Crippen LogP contribution is 2.34. The zero-order valence-electron chi connectivity index (χ0n) is 11.2. The van der Waals surface area contributed by atoms with E-state index in [-0.39, 0.29) is 11.2 Å². The lowest BCUT2D eigenvalue weighted by Gasteiger charge is -2.20. The summed E-state index contributed by atoms with van der Waals surface area (Å²) in [5, 5.41) is 16.4. The first-order valence-electron chi connectivity index (χ1n) is 6.68. The SMILES string of the molecule is CCC1(c2nc(-c3ccc(O)c(F)c3)no2)CCNC1. The van der Waals surface area contributed by atoms with E-state index in [9.17, 15) is 9.50 Å². The Labute approximate surface area is 115 Å². The Hall–Kier alpha value is -1.95. The van der Waals surface area contributed by atoms with Gasteiger partial charge in [0.05, 0.1) is 5.41 Å². The molecule has 2 aromatic rings. The number of phenols is 1. The Morgan fingerprint density at radius 1 is 1.50 bits per heavy atom. The van der Waals surface area contributed by atoms with Crippen LogP contribution in [0, 0.1) is 5.82 Å². The third-order valence-electron chi connectivity index (χ3n) is 4.01. The molecule has 0 aliphatic carbocycles. The van der Waals surface area contributed by atoms with Crippen LogP contribution >= 0.6 is 0 Å². The maximum absolute atomic E-state index is 13.4. The lowest BCUT2D eigenvalue weighted by atomic mass is 9.84. The summed E-state index contributed by atoms with van der Waals surface area (Å²) < 4.78 is 18.7. The Kier molecular flexibility index (Phi) is 3.17. The summed E-state index contributed by atoms with van der Waals surface area (Å²) in [7, 11) is 0. The summed E-state index contributed by atoms with van der Waals surface area (Å²) in [5.41, 5.74) is 0.369. The lowest BCUT2D eigenvalue weighted by Crippen LogP contribution is -2.28. The molecule has 2 heterocycles. The molecule has 1 aromatic carbocycles. The van der Waals surface area contributed by atoms with E-state index in [2.05, 4.69) is 22.4 Å². The minimum atomic E-state index is -0.693. The molecule has 1 aromatic heterocycles. The van der Waals surface area contributed by atoms with Crippen LogP contribution in [0.25, 0.3) is 11.4 Å². The molecule has 0 spiro atoms. The van der Waals surface area contributed by atoms with E-state index in [0.717, 1.165) is 25.9 Å². The third kappa shape index (κ3) is 2.06. The summed E-state index contributed by atoms with van der Waals surface area (Å²) in [6.07, 6.45) is 1.86. The van der Waals surface area contributed by atoms with Gasteiger partial charge in [-0.25, -0.2) is 4.39 Å². The normalized spacial score (nSPS) is 22.3. The Bertz CT molecular complexity index is 621. The van der Waals surface area contributed by atoms with E-state index in [0.29, 0.717) is 17.3 Å². The molecule has 3 rings (SSSR count). The number of rotatable bonds is 3. The molecule has 2 N–H and O–H groups in total. The fraction of sp³-hybridized carbons (Fsp3) is 0.429. The summed E-state index contributed by atoms with van der Waals surface area (Å²) in [4.78, 5) is 4.41. The molecule has 1 atom stereocenters. The highest BCUT2D eigenvalue weighted by molar-refractivity contribution is 5.56. The number of halogens is 1. The van der Waals surface area contributed by atoms with Gasteiger partial charge < -0.3 is 14.9 Å². The van der Waals surface area contributed by atoms with Crippen LogP contribution in [0.2, 0.25) is 0 Å². The average Bonchev–Trinajstić information content (AvgIpc) is 3.10. The standard InChI is InChI=1S/C14H16FN3O2/c1-2-14(5-6-16-8-14)13-17-12(18-20-13)9-3-4-11(19)10(15)7-9/h3-4,7,16,19H,2,5-6,8H2,1H3. The van der Waals surface area contributed by atoms with Crippen molar-refractivity contribution in [3.63, 3.8) is 0 Å². The molecule has 20 heavy (non-hydrogen) atoms. The van der Waals surface area contributed by atoms with Crippen LogP contribution in [0.1, 0.15) is 25.7 Å². The molecule has 0 bridgehead atoms. The van der Waals surface area contributed by atoms with Crippen molar-refractivity contribution in [3.8, 4) is 17.1 Å². The second kappa shape index (κ2) is 4.86. The molecule has 1 aliphatic rings. The van der Waals surface area contributed by atoms with Crippen molar-refractivity contribution < 1.29 is 14.0 Å². The zero-order valence-corrected chi connectivity index (χ0v) is 11.2. The minimum absolute atomic E-state index is 0.124. The topological polar surface area (TPSA) is 71.2 Å².